The van der Waals surface area contributed by atoms with E-state index < -0.39 is 0 Å². The van der Waals surface area contributed by atoms with Crippen LogP contribution in [0.5, 0.6) is 0 Å². The van der Waals surface area contributed by atoms with Crippen LogP contribution < -0.4 is 15.5 Å². The van der Waals surface area contributed by atoms with E-state index in [0.29, 0.717) is 13.0 Å². The van der Waals surface area contributed by atoms with Gasteiger partial charge in [0.2, 0.25) is 11.8 Å². The van der Waals surface area contributed by atoms with E-state index in [2.05, 4.69) is 17.6 Å². The van der Waals surface area contributed by atoms with E-state index in [1.165, 1.54) is 0 Å². The summed E-state index contributed by atoms with van der Waals surface area (Å²) in [6.07, 6.45) is 2.69. The molecule has 0 aromatic heterocycles. The summed E-state index contributed by atoms with van der Waals surface area (Å²) in [6.45, 7) is 2.78. The molecule has 1 aromatic carbocycles. The number of carbonyl (C=O) groups is 2. The number of carbonyl (C=O) groups excluding carboxylic acids is 2. The quantitative estimate of drug-likeness (QED) is 0.759. The van der Waals surface area contributed by atoms with Crippen LogP contribution in [-0.2, 0) is 9.59 Å². The van der Waals surface area contributed by atoms with Crippen molar-refractivity contribution in [2.45, 2.75) is 26.2 Å². The number of benzene rings is 1. The van der Waals surface area contributed by atoms with Crippen LogP contribution >= 0.6 is 0 Å². The summed E-state index contributed by atoms with van der Waals surface area (Å²) < 4.78 is 0. The maximum Gasteiger partial charge on any atom is 0.228 e. The summed E-state index contributed by atoms with van der Waals surface area (Å²) in [5.41, 5.74) is 1.85. The molecule has 5 nitrogen and oxygen atoms in total. The van der Waals surface area contributed by atoms with Gasteiger partial charge in [0.25, 0.3) is 0 Å². The molecule has 2 amide bonds. The van der Waals surface area contributed by atoms with Gasteiger partial charge in [-0.2, -0.15) is 0 Å². The topological polar surface area (TPSA) is 61.4 Å². The Hall–Kier alpha value is -2.04. The molecule has 120 valence electrons. The Kier molecular flexibility index (Phi) is 5.41. The van der Waals surface area contributed by atoms with Crippen LogP contribution in [0, 0.1) is 11.8 Å². The molecule has 0 radical (unpaired) electrons. The van der Waals surface area contributed by atoms with Crippen LogP contribution in [0.1, 0.15) is 26.2 Å². The normalized spacial score (nSPS) is 19.4. The molecule has 1 aliphatic carbocycles. The predicted molar refractivity (Wildman–Crippen MR) is 88.9 cm³/mol. The second-order valence-electron chi connectivity index (χ2n) is 6.02. The van der Waals surface area contributed by atoms with Crippen LogP contribution in [-0.4, -0.2) is 32.5 Å². The highest BCUT2D eigenvalue weighted by Gasteiger charge is 2.47. The van der Waals surface area contributed by atoms with E-state index in [4.69, 9.17) is 0 Å². The van der Waals surface area contributed by atoms with Crippen molar-refractivity contribution in [3.63, 3.8) is 0 Å². The number of nitrogens with zero attached hydrogens (tertiary/aromatic N) is 1. The molecule has 2 rings (SSSR count). The van der Waals surface area contributed by atoms with Crippen molar-refractivity contribution >= 4 is 23.2 Å². The molecule has 22 heavy (non-hydrogen) atoms. The maximum absolute atomic E-state index is 12.1. The summed E-state index contributed by atoms with van der Waals surface area (Å²) in [6, 6.07) is 7.67. The number of hydrogen-bond donors (Lipinski definition) is 2. The average Bonchev–Trinajstić information content (AvgIpc) is 3.28. The van der Waals surface area contributed by atoms with E-state index >= 15 is 0 Å². The Morgan fingerprint density at radius 1 is 1.14 bits per heavy atom. The van der Waals surface area contributed by atoms with Crippen LogP contribution in [0.3, 0.4) is 0 Å². The van der Waals surface area contributed by atoms with Crippen molar-refractivity contribution in [3.8, 4) is 0 Å². The van der Waals surface area contributed by atoms with Crippen molar-refractivity contribution in [2.75, 3.05) is 30.9 Å². The minimum absolute atomic E-state index is 0.0107. The van der Waals surface area contributed by atoms with Gasteiger partial charge in [0.1, 0.15) is 0 Å². The van der Waals surface area contributed by atoms with Gasteiger partial charge < -0.3 is 15.5 Å². The number of nitrogens with one attached hydrogen (secondary N) is 2. The molecule has 2 unspecified atom stereocenters. The van der Waals surface area contributed by atoms with Crippen molar-refractivity contribution in [2.24, 2.45) is 11.8 Å². The van der Waals surface area contributed by atoms with Crippen molar-refractivity contribution in [3.05, 3.63) is 24.3 Å². The lowest BCUT2D eigenvalue weighted by Crippen LogP contribution is -2.28. The monoisotopic (exact) mass is 303 g/mol. The molecule has 0 aliphatic heterocycles. The van der Waals surface area contributed by atoms with Gasteiger partial charge in [-0.15, -0.1) is 0 Å². The highest BCUT2D eigenvalue weighted by Crippen LogP contribution is 2.39. The molecule has 0 bridgehead atoms. The molecular formula is C17H25N3O2. The fourth-order valence-corrected chi connectivity index (χ4v) is 2.37. The zero-order valence-corrected chi connectivity index (χ0v) is 13.6. The lowest BCUT2D eigenvalue weighted by molar-refractivity contribution is -0.125. The van der Waals surface area contributed by atoms with Gasteiger partial charge in [0.05, 0.1) is 11.8 Å². The standard InChI is InChI=1S/C17H25N3O2/c1-4-5-10-18-16(21)14-11-15(14)17(22)19-12-6-8-13(9-7-12)20(2)3/h6-9,14-15H,4-5,10-11H2,1-3H3,(H,18,21)(H,19,22). The van der Waals surface area contributed by atoms with E-state index in [0.717, 1.165) is 24.2 Å². The Morgan fingerprint density at radius 2 is 1.77 bits per heavy atom. The zero-order chi connectivity index (χ0) is 16.1. The number of unbranched alkanes of at least 4 members (excludes halogenated alkanes) is 1. The third kappa shape index (κ3) is 4.23. The van der Waals surface area contributed by atoms with Gasteiger partial charge in [0.15, 0.2) is 0 Å². The Bertz CT molecular complexity index is 525. The smallest absolute Gasteiger partial charge is 0.228 e. The number of rotatable bonds is 7. The summed E-state index contributed by atoms with van der Waals surface area (Å²) >= 11 is 0. The molecule has 5 heteroatoms. The summed E-state index contributed by atoms with van der Waals surface area (Å²) in [5.74, 6) is -0.391. The number of amides is 2. The summed E-state index contributed by atoms with van der Waals surface area (Å²) in [5, 5.41) is 5.77. The van der Waals surface area contributed by atoms with Gasteiger partial charge in [-0.3, -0.25) is 9.59 Å². The molecule has 1 aliphatic rings. The Labute approximate surface area is 132 Å². The predicted octanol–water partition coefficient (Wildman–Crippen LogP) is 2.24. The van der Waals surface area contributed by atoms with Crippen LogP contribution in [0.2, 0.25) is 0 Å². The lowest BCUT2D eigenvalue weighted by Gasteiger charge is -2.13. The van der Waals surface area contributed by atoms with E-state index in [9.17, 15) is 9.59 Å². The molecule has 0 heterocycles. The largest absolute Gasteiger partial charge is 0.378 e. The molecule has 2 N–H and O–H groups in total. The third-order valence-corrected chi connectivity index (χ3v) is 3.94. The first kappa shape index (κ1) is 16.3. The molecular weight excluding hydrogens is 278 g/mol. The molecule has 0 saturated heterocycles. The number of anilines is 2. The van der Waals surface area contributed by atoms with Gasteiger partial charge in [0, 0.05) is 32.0 Å². The fraction of sp³-hybridized carbons (Fsp3) is 0.529. The first-order valence-corrected chi connectivity index (χ1v) is 7.89. The summed E-state index contributed by atoms with van der Waals surface area (Å²) in [4.78, 5) is 26.0. The second-order valence-corrected chi connectivity index (χ2v) is 6.02. The van der Waals surface area contributed by atoms with Gasteiger partial charge >= 0.3 is 0 Å². The average molecular weight is 303 g/mol. The van der Waals surface area contributed by atoms with Gasteiger partial charge in [-0.05, 0) is 37.1 Å². The number of hydrogen-bond acceptors (Lipinski definition) is 3. The van der Waals surface area contributed by atoms with E-state index in [1.54, 1.807) is 0 Å². The molecule has 1 fully saturated rings. The molecule has 1 aromatic rings. The van der Waals surface area contributed by atoms with Crippen LogP contribution in [0.15, 0.2) is 24.3 Å². The van der Waals surface area contributed by atoms with Crippen molar-refractivity contribution in [1.82, 2.24) is 5.32 Å². The Morgan fingerprint density at radius 3 is 2.36 bits per heavy atom. The maximum atomic E-state index is 12.1. The van der Waals surface area contributed by atoms with Crippen molar-refractivity contribution < 1.29 is 9.59 Å². The van der Waals surface area contributed by atoms with E-state index in [-0.39, 0.29) is 23.7 Å². The highest BCUT2D eigenvalue weighted by molar-refractivity contribution is 5.99. The SMILES string of the molecule is CCCCNC(=O)C1CC1C(=O)Nc1ccc(N(C)C)cc1. The molecule has 0 spiro atoms. The zero-order valence-electron chi connectivity index (χ0n) is 13.6. The van der Waals surface area contributed by atoms with Gasteiger partial charge in [-0.25, -0.2) is 0 Å². The van der Waals surface area contributed by atoms with Crippen molar-refractivity contribution in [1.29, 1.82) is 0 Å². The third-order valence-electron chi connectivity index (χ3n) is 3.94. The first-order chi connectivity index (χ1) is 10.5. The van der Waals surface area contributed by atoms with E-state index in [1.807, 2.05) is 43.3 Å². The Balaban J connectivity index is 1.80. The molecule has 2 atom stereocenters. The fourth-order valence-electron chi connectivity index (χ4n) is 2.37. The van der Waals surface area contributed by atoms with Gasteiger partial charge in [-0.1, -0.05) is 13.3 Å². The minimum atomic E-state index is -0.185. The first-order valence-electron chi connectivity index (χ1n) is 7.89. The molecule has 1 saturated carbocycles. The second kappa shape index (κ2) is 7.29. The highest BCUT2D eigenvalue weighted by atomic mass is 16.2. The van der Waals surface area contributed by atoms with Crippen LogP contribution in [0.25, 0.3) is 0 Å². The minimum Gasteiger partial charge on any atom is -0.378 e. The lowest BCUT2D eigenvalue weighted by atomic mass is 10.2. The summed E-state index contributed by atoms with van der Waals surface area (Å²) in [7, 11) is 3.94. The van der Waals surface area contributed by atoms with Crippen LogP contribution in [0.4, 0.5) is 11.4 Å².